The van der Waals surface area contributed by atoms with Gasteiger partial charge in [0, 0.05) is 29.6 Å². The third-order valence-corrected chi connectivity index (χ3v) is 4.65. The van der Waals surface area contributed by atoms with Gasteiger partial charge in [-0.3, -0.25) is 9.69 Å². The minimum Gasteiger partial charge on any atom is -0.469 e. The first-order valence-electron chi connectivity index (χ1n) is 8.16. The molecule has 0 unspecified atom stereocenters. The van der Waals surface area contributed by atoms with Gasteiger partial charge in [-0.05, 0) is 30.9 Å². The van der Waals surface area contributed by atoms with Gasteiger partial charge in [0.2, 0.25) is 0 Å². The van der Waals surface area contributed by atoms with Gasteiger partial charge in [0.1, 0.15) is 0 Å². The van der Waals surface area contributed by atoms with E-state index in [1.54, 1.807) is 4.90 Å². The molecule has 0 saturated heterocycles. The maximum atomic E-state index is 12.2. The number of benzene rings is 1. The van der Waals surface area contributed by atoms with E-state index in [1.165, 1.54) is 25.2 Å². The Morgan fingerprint density at radius 3 is 2.79 bits per heavy atom. The van der Waals surface area contributed by atoms with E-state index < -0.39 is 0 Å². The maximum absolute atomic E-state index is 12.2. The Morgan fingerprint density at radius 2 is 2.04 bits per heavy atom. The molecule has 2 heterocycles. The number of rotatable bonds is 4. The zero-order valence-electron chi connectivity index (χ0n) is 14.0. The summed E-state index contributed by atoms with van der Waals surface area (Å²) in [5.74, 6) is -0.229. The first kappa shape index (κ1) is 16.4. The molecular weight excluding hydrogens is 308 g/mol. The zero-order valence-corrected chi connectivity index (χ0v) is 14.0. The number of para-hydroxylation sites is 1. The van der Waals surface area contributed by atoms with E-state index in [9.17, 15) is 9.59 Å². The van der Waals surface area contributed by atoms with Crippen molar-refractivity contribution in [2.24, 2.45) is 0 Å². The normalized spacial score (nSPS) is 16.8. The molecule has 1 aromatic heterocycles. The molecule has 6 nitrogen and oxygen atoms in total. The molecule has 0 fully saturated rings. The monoisotopic (exact) mass is 330 g/mol. The number of esters is 1. The standard InChI is InChI=1S/C18H22N2O4/c1-23-16(21)9-5-8-15-17-13(10-11-20(15)18(22)24-2)12-6-3-4-7-14(12)19-17/h3-4,6-7,15,19H,5,8-11H2,1-2H3/t15-/m0/s1. The van der Waals surface area contributed by atoms with Crippen LogP contribution in [0.4, 0.5) is 4.79 Å². The number of aromatic amines is 1. The quantitative estimate of drug-likeness (QED) is 0.874. The number of nitrogens with zero attached hydrogens (tertiary/aromatic N) is 1. The molecule has 0 spiro atoms. The Labute approximate surface area is 140 Å². The molecule has 1 aliphatic rings. The molecule has 24 heavy (non-hydrogen) atoms. The average Bonchev–Trinajstić information content (AvgIpc) is 3.00. The van der Waals surface area contributed by atoms with Gasteiger partial charge in [0.05, 0.1) is 20.3 Å². The maximum Gasteiger partial charge on any atom is 0.410 e. The minimum atomic E-state index is -0.331. The fraction of sp³-hybridized carbons (Fsp3) is 0.444. The predicted molar refractivity (Wildman–Crippen MR) is 89.7 cm³/mol. The van der Waals surface area contributed by atoms with Gasteiger partial charge in [0.15, 0.2) is 0 Å². The van der Waals surface area contributed by atoms with E-state index in [0.29, 0.717) is 25.8 Å². The zero-order chi connectivity index (χ0) is 17.1. The van der Waals surface area contributed by atoms with Crippen molar-refractivity contribution in [1.29, 1.82) is 0 Å². The number of carbonyl (C=O) groups is 2. The van der Waals surface area contributed by atoms with Crippen molar-refractivity contribution in [3.05, 3.63) is 35.5 Å². The molecule has 2 aromatic rings. The Balaban J connectivity index is 1.90. The number of hydrogen-bond acceptors (Lipinski definition) is 4. The fourth-order valence-corrected chi connectivity index (χ4v) is 3.50. The molecule has 6 heteroatoms. The van der Waals surface area contributed by atoms with Crippen LogP contribution >= 0.6 is 0 Å². The summed E-state index contributed by atoms with van der Waals surface area (Å²) in [7, 11) is 2.79. The third kappa shape index (κ3) is 2.96. The number of hydrogen-bond donors (Lipinski definition) is 1. The van der Waals surface area contributed by atoms with Crippen molar-refractivity contribution in [1.82, 2.24) is 9.88 Å². The number of fused-ring (bicyclic) bond motifs is 3. The van der Waals surface area contributed by atoms with E-state index in [4.69, 9.17) is 9.47 Å². The van der Waals surface area contributed by atoms with Gasteiger partial charge in [0.25, 0.3) is 0 Å². The first-order chi connectivity index (χ1) is 11.7. The van der Waals surface area contributed by atoms with E-state index >= 15 is 0 Å². The lowest BCUT2D eigenvalue weighted by atomic mass is 9.94. The number of ether oxygens (including phenoxy) is 2. The van der Waals surface area contributed by atoms with Gasteiger partial charge >= 0.3 is 12.1 Å². The van der Waals surface area contributed by atoms with Gasteiger partial charge in [-0.25, -0.2) is 4.79 Å². The first-order valence-corrected chi connectivity index (χ1v) is 8.16. The largest absolute Gasteiger partial charge is 0.469 e. The number of aromatic nitrogens is 1. The second-order valence-corrected chi connectivity index (χ2v) is 5.96. The van der Waals surface area contributed by atoms with Gasteiger partial charge in [-0.15, -0.1) is 0 Å². The Bertz CT molecular complexity index is 753. The second kappa shape index (κ2) is 6.95. The summed E-state index contributed by atoms with van der Waals surface area (Å²) < 4.78 is 9.64. The van der Waals surface area contributed by atoms with E-state index in [0.717, 1.165) is 17.6 Å². The van der Waals surface area contributed by atoms with Crippen LogP contribution in [0.3, 0.4) is 0 Å². The SMILES string of the molecule is COC(=O)CCC[C@H]1c2[nH]c3ccccc3c2CCN1C(=O)OC. The van der Waals surface area contributed by atoms with Crippen LogP contribution in [0, 0.1) is 0 Å². The summed E-state index contributed by atoms with van der Waals surface area (Å²) in [4.78, 5) is 28.7. The van der Waals surface area contributed by atoms with Crippen molar-refractivity contribution in [2.75, 3.05) is 20.8 Å². The molecule has 3 rings (SSSR count). The number of amides is 1. The highest BCUT2D eigenvalue weighted by Gasteiger charge is 2.33. The lowest BCUT2D eigenvalue weighted by Gasteiger charge is -2.34. The fourth-order valence-electron chi connectivity index (χ4n) is 3.50. The Morgan fingerprint density at radius 1 is 1.25 bits per heavy atom. The summed E-state index contributed by atoms with van der Waals surface area (Å²) in [6.07, 6.45) is 2.14. The van der Waals surface area contributed by atoms with Gasteiger partial charge in [-0.1, -0.05) is 18.2 Å². The summed E-state index contributed by atoms with van der Waals surface area (Å²) in [5, 5.41) is 1.20. The highest BCUT2D eigenvalue weighted by molar-refractivity contribution is 5.85. The van der Waals surface area contributed by atoms with Crippen LogP contribution in [0.25, 0.3) is 10.9 Å². The Hall–Kier alpha value is -2.50. The Kier molecular flexibility index (Phi) is 4.74. The van der Waals surface area contributed by atoms with Crippen molar-refractivity contribution in [3.8, 4) is 0 Å². The van der Waals surface area contributed by atoms with Crippen LogP contribution in [0.2, 0.25) is 0 Å². The number of carbonyl (C=O) groups excluding carboxylic acids is 2. The van der Waals surface area contributed by atoms with E-state index in [-0.39, 0.29) is 18.1 Å². The second-order valence-electron chi connectivity index (χ2n) is 5.96. The molecule has 0 radical (unpaired) electrons. The number of nitrogens with one attached hydrogen (secondary N) is 1. The van der Waals surface area contributed by atoms with Crippen LogP contribution in [-0.4, -0.2) is 42.7 Å². The van der Waals surface area contributed by atoms with Gasteiger partial charge in [-0.2, -0.15) is 0 Å². The minimum absolute atomic E-state index is 0.113. The molecule has 0 bridgehead atoms. The summed E-state index contributed by atoms with van der Waals surface area (Å²) in [5.41, 5.74) is 3.39. The molecule has 1 N–H and O–H groups in total. The molecule has 1 amide bonds. The third-order valence-electron chi connectivity index (χ3n) is 4.65. The highest BCUT2D eigenvalue weighted by atomic mass is 16.5. The van der Waals surface area contributed by atoms with E-state index in [1.807, 2.05) is 18.2 Å². The molecule has 1 aliphatic heterocycles. The van der Waals surface area contributed by atoms with Gasteiger partial charge < -0.3 is 14.5 Å². The van der Waals surface area contributed by atoms with Crippen LogP contribution in [0.5, 0.6) is 0 Å². The van der Waals surface area contributed by atoms with Crippen molar-refractivity contribution in [3.63, 3.8) is 0 Å². The smallest absolute Gasteiger partial charge is 0.410 e. The molecule has 0 saturated carbocycles. The lowest BCUT2D eigenvalue weighted by molar-refractivity contribution is -0.140. The summed E-state index contributed by atoms with van der Waals surface area (Å²) in [6, 6.07) is 8.05. The predicted octanol–water partition coefficient (Wildman–Crippen LogP) is 3.18. The van der Waals surface area contributed by atoms with Crippen molar-refractivity contribution in [2.45, 2.75) is 31.7 Å². The summed E-state index contributed by atoms with van der Waals surface area (Å²) >= 11 is 0. The molecule has 0 aliphatic carbocycles. The van der Waals surface area contributed by atoms with E-state index in [2.05, 4.69) is 11.1 Å². The van der Waals surface area contributed by atoms with Crippen LogP contribution < -0.4 is 0 Å². The number of H-pyrrole nitrogens is 1. The van der Waals surface area contributed by atoms with Crippen LogP contribution in [0.1, 0.15) is 36.6 Å². The van der Waals surface area contributed by atoms with Crippen LogP contribution in [-0.2, 0) is 20.7 Å². The lowest BCUT2D eigenvalue weighted by Crippen LogP contribution is -2.40. The van der Waals surface area contributed by atoms with Crippen LogP contribution in [0.15, 0.2) is 24.3 Å². The molecular formula is C18H22N2O4. The van der Waals surface area contributed by atoms with Crippen molar-refractivity contribution >= 4 is 23.0 Å². The highest BCUT2D eigenvalue weighted by Crippen LogP contribution is 2.37. The topological polar surface area (TPSA) is 71.6 Å². The summed E-state index contributed by atoms with van der Waals surface area (Å²) in [6.45, 7) is 0.615. The average molecular weight is 330 g/mol. The molecule has 1 aromatic carbocycles. The molecule has 128 valence electrons. The van der Waals surface area contributed by atoms with Crippen molar-refractivity contribution < 1.29 is 19.1 Å². The number of methoxy groups -OCH3 is 2. The molecule has 1 atom stereocenters.